The van der Waals surface area contributed by atoms with Crippen molar-refractivity contribution in [2.45, 2.75) is 12.8 Å². The molecule has 1 aromatic rings. The van der Waals surface area contributed by atoms with E-state index < -0.39 is 5.41 Å². The number of carbonyl (C=O) groups is 2. The van der Waals surface area contributed by atoms with E-state index in [0.717, 1.165) is 19.6 Å². The van der Waals surface area contributed by atoms with Crippen molar-refractivity contribution < 1.29 is 14.3 Å². The second kappa shape index (κ2) is 7.18. The number of methoxy groups -OCH3 is 1. The van der Waals surface area contributed by atoms with E-state index in [2.05, 4.69) is 29.2 Å². The fourth-order valence-electron chi connectivity index (χ4n) is 3.16. The molecule has 5 nitrogen and oxygen atoms in total. The van der Waals surface area contributed by atoms with E-state index in [9.17, 15) is 9.59 Å². The molecular weight excluding hydrogens is 304 g/mol. The average Bonchev–Trinajstić information content (AvgIpc) is 3.44. The van der Waals surface area contributed by atoms with Crippen molar-refractivity contribution in [3.63, 3.8) is 0 Å². The number of hydrogen-bond acceptors (Lipinski definition) is 4. The quantitative estimate of drug-likeness (QED) is 0.611. The number of carbonyl (C=O) groups excluding carboxylic acids is 2. The summed E-state index contributed by atoms with van der Waals surface area (Å²) in [4.78, 5) is 28.6. The van der Waals surface area contributed by atoms with Crippen LogP contribution in [0.5, 0.6) is 0 Å². The standard InChI is InChI=1S/C19H24N2O3/c1-24-18(23)19(9-10-19)17(22)21-14-12-20(13-15-21)11-5-8-16-6-3-2-4-7-16/h2-8H,9-15H2,1H3. The Morgan fingerprint density at radius 2 is 1.79 bits per heavy atom. The van der Waals surface area contributed by atoms with Crippen LogP contribution in [-0.4, -0.2) is 61.5 Å². The SMILES string of the molecule is COC(=O)C1(C(=O)N2CCN(CC=Cc3ccccc3)CC2)CC1. The maximum absolute atomic E-state index is 12.6. The molecular formula is C19H24N2O3. The maximum Gasteiger partial charge on any atom is 0.321 e. The van der Waals surface area contributed by atoms with E-state index in [1.54, 1.807) is 0 Å². The Balaban J connectivity index is 1.47. The normalized spacial score (nSPS) is 20.1. The van der Waals surface area contributed by atoms with Gasteiger partial charge in [0, 0.05) is 32.7 Å². The summed E-state index contributed by atoms with van der Waals surface area (Å²) >= 11 is 0. The van der Waals surface area contributed by atoms with E-state index in [4.69, 9.17) is 4.74 Å². The van der Waals surface area contributed by atoms with Gasteiger partial charge < -0.3 is 9.64 Å². The fourth-order valence-corrected chi connectivity index (χ4v) is 3.16. The number of amides is 1. The van der Waals surface area contributed by atoms with Gasteiger partial charge in [0.2, 0.25) is 5.91 Å². The molecule has 1 amide bonds. The van der Waals surface area contributed by atoms with Crippen LogP contribution in [0.3, 0.4) is 0 Å². The number of ether oxygens (including phenoxy) is 1. The van der Waals surface area contributed by atoms with Crippen molar-refractivity contribution >= 4 is 18.0 Å². The lowest BCUT2D eigenvalue weighted by Gasteiger charge is -2.35. The minimum Gasteiger partial charge on any atom is -0.468 e. The molecule has 5 heteroatoms. The molecule has 1 saturated carbocycles. The zero-order chi connectivity index (χ0) is 17.0. The Morgan fingerprint density at radius 1 is 1.12 bits per heavy atom. The predicted octanol–water partition coefficient (Wildman–Crippen LogP) is 1.80. The highest BCUT2D eigenvalue weighted by molar-refractivity contribution is 6.05. The van der Waals surface area contributed by atoms with Gasteiger partial charge in [-0.2, -0.15) is 0 Å². The van der Waals surface area contributed by atoms with Gasteiger partial charge in [0.25, 0.3) is 0 Å². The largest absolute Gasteiger partial charge is 0.468 e. The number of rotatable bonds is 5. The maximum atomic E-state index is 12.6. The first kappa shape index (κ1) is 16.7. The van der Waals surface area contributed by atoms with Crippen molar-refractivity contribution in [1.29, 1.82) is 0 Å². The number of esters is 1. The van der Waals surface area contributed by atoms with Gasteiger partial charge in [-0.05, 0) is 18.4 Å². The van der Waals surface area contributed by atoms with Gasteiger partial charge in [0.1, 0.15) is 5.41 Å². The molecule has 0 aromatic heterocycles. The zero-order valence-corrected chi connectivity index (χ0v) is 14.1. The van der Waals surface area contributed by atoms with Crippen molar-refractivity contribution in [2.24, 2.45) is 5.41 Å². The van der Waals surface area contributed by atoms with E-state index in [-0.39, 0.29) is 11.9 Å². The fraction of sp³-hybridized carbons (Fsp3) is 0.474. The van der Waals surface area contributed by atoms with Crippen LogP contribution in [0.4, 0.5) is 0 Å². The Bertz CT molecular complexity index is 615. The summed E-state index contributed by atoms with van der Waals surface area (Å²) in [6.45, 7) is 3.90. The second-order valence-corrected chi connectivity index (χ2v) is 6.48. The molecule has 0 N–H and O–H groups in total. The molecule has 0 spiro atoms. The molecule has 1 heterocycles. The third-order valence-corrected chi connectivity index (χ3v) is 4.87. The predicted molar refractivity (Wildman–Crippen MR) is 92.2 cm³/mol. The van der Waals surface area contributed by atoms with Crippen LogP contribution in [0.1, 0.15) is 18.4 Å². The van der Waals surface area contributed by atoms with Crippen molar-refractivity contribution in [1.82, 2.24) is 9.80 Å². The molecule has 1 aromatic carbocycles. The minimum atomic E-state index is -0.871. The van der Waals surface area contributed by atoms with Gasteiger partial charge in [-0.1, -0.05) is 42.5 Å². The molecule has 0 bridgehead atoms. The first-order valence-corrected chi connectivity index (χ1v) is 8.47. The molecule has 0 radical (unpaired) electrons. The lowest BCUT2D eigenvalue weighted by molar-refractivity contribution is -0.156. The number of hydrogen-bond donors (Lipinski definition) is 0. The first-order chi connectivity index (χ1) is 11.7. The lowest BCUT2D eigenvalue weighted by Crippen LogP contribution is -2.52. The lowest BCUT2D eigenvalue weighted by atomic mass is 10.1. The van der Waals surface area contributed by atoms with Crippen molar-refractivity contribution in [3.8, 4) is 0 Å². The molecule has 1 aliphatic carbocycles. The molecule has 3 rings (SSSR count). The number of benzene rings is 1. The molecule has 24 heavy (non-hydrogen) atoms. The van der Waals surface area contributed by atoms with Gasteiger partial charge >= 0.3 is 5.97 Å². The third kappa shape index (κ3) is 3.51. The van der Waals surface area contributed by atoms with Crippen LogP contribution in [-0.2, 0) is 14.3 Å². The molecule has 0 atom stereocenters. The molecule has 128 valence electrons. The van der Waals surface area contributed by atoms with Crippen molar-refractivity contribution in [3.05, 3.63) is 42.0 Å². The molecule has 2 aliphatic rings. The smallest absolute Gasteiger partial charge is 0.321 e. The highest BCUT2D eigenvalue weighted by Crippen LogP contribution is 2.48. The summed E-state index contributed by atoms with van der Waals surface area (Å²) in [5, 5.41) is 0. The van der Waals surface area contributed by atoms with Crippen LogP contribution in [0.25, 0.3) is 6.08 Å². The van der Waals surface area contributed by atoms with E-state index >= 15 is 0 Å². The number of nitrogens with zero attached hydrogens (tertiary/aromatic N) is 2. The van der Waals surface area contributed by atoms with Gasteiger partial charge in [-0.25, -0.2) is 0 Å². The highest BCUT2D eigenvalue weighted by atomic mass is 16.5. The van der Waals surface area contributed by atoms with Crippen LogP contribution >= 0.6 is 0 Å². The molecule has 0 unspecified atom stereocenters. The first-order valence-electron chi connectivity index (χ1n) is 8.47. The summed E-state index contributed by atoms with van der Waals surface area (Å²) in [6.07, 6.45) is 5.52. The van der Waals surface area contributed by atoms with E-state index in [0.29, 0.717) is 25.9 Å². The monoisotopic (exact) mass is 328 g/mol. The topological polar surface area (TPSA) is 49.9 Å². The van der Waals surface area contributed by atoms with Crippen LogP contribution < -0.4 is 0 Å². The summed E-state index contributed by atoms with van der Waals surface area (Å²) in [5.74, 6) is -0.422. The van der Waals surface area contributed by atoms with Crippen LogP contribution in [0.2, 0.25) is 0 Å². The summed E-state index contributed by atoms with van der Waals surface area (Å²) in [6, 6.07) is 10.2. The van der Waals surface area contributed by atoms with Gasteiger partial charge in [0.05, 0.1) is 7.11 Å². The van der Waals surface area contributed by atoms with Gasteiger partial charge in [0.15, 0.2) is 0 Å². The molecule has 1 saturated heterocycles. The molecule has 2 fully saturated rings. The van der Waals surface area contributed by atoms with Crippen LogP contribution in [0, 0.1) is 5.41 Å². The highest BCUT2D eigenvalue weighted by Gasteiger charge is 2.59. The van der Waals surface area contributed by atoms with Gasteiger partial charge in [-0.15, -0.1) is 0 Å². The summed E-state index contributed by atoms with van der Waals surface area (Å²) in [5.41, 5.74) is 0.324. The summed E-state index contributed by atoms with van der Waals surface area (Å²) in [7, 11) is 1.35. The Morgan fingerprint density at radius 3 is 2.38 bits per heavy atom. The zero-order valence-electron chi connectivity index (χ0n) is 14.1. The third-order valence-electron chi connectivity index (χ3n) is 4.87. The second-order valence-electron chi connectivity index (χ2n) is 6.48. The Hall–Kier alpha value is -2.14. The number of piperazine rings is 1. The molecule has 1 aliphatic heterocycles. The van der Waals surface area contributed by atoms with E-state index in [1.807, 2.05) is 23.1 Å². The van der Waals surface area contributed by atoms with Crippen molar-refractivity contribution in [2.75, 3.05) is 39.8 Å². The minimum absolute atomic E-state index is 0.0474. The van der Waals surface area contributed by atoms with E-state index in [1.165, 1.54) is 12.7 Å². The Labute approximate surface area is 142 Å². The van der Waals surface area contributed by atoms with Gasteiger partial charge in [-0.3, -0.25) is 14.5 Å². The Kier molecular flexibility index (Phi) is 5.00. The average molecular weight is 328 g/mol. The summed E-state index contributed by atoms with van der Waals surface area (Å²) < 4.78 is 4.80. The van der Waals surface area contributed by atoms with Crippen LogP contribution in [0.15, 0.2) is 36.4 Å².